The van der Waals surface area contributed by atoms with E-state index in [2.05, 4.69) is 4.18 Å². The third-order valence-corrected chi connectivity index (χ3v) is 3.16. The standard InChI is InChI=1S/C6H8ClNO5S/c7-1-2-14(11,12)13-4-3-5(9)8-6(4)10/h4H,1-3H2,(H,8,9,10). The molecule has 80 valence electrons. The Bertz CT molecular complexity index is 351. The normalized spacial score (nSPS) is 22.5. The second-order valence-electron chi connectivity index (χ2n) is 2.65. The molecule has 0 spiro atoms. The van der Waals surface area contributed by atoms with Crippen molar-refractivity contribution >= 4 is 33.5 Å². The largest absolute Gasteiger partial charge is 0.294 e. The van der Waals surface area contributed by atoms with Gasteiger partial charge in [0.2, 0.25) is 5.91 Å². The minimum absolute atomic E-state index is 0.120. The Morgan fingerprint density at radius 2 is 2.14 bits per heavy atom. The summed E-state index contributed by atoms with van der Waals surface area (Å²) in [5.41, 5.74) is 0. The van der Waals surface area contributed by atoms with E-state index < -0.39 is 28.0 Å². The van der Waals surface area contributed by atoms with E-state index in [0.29, 0.717) is 0 Å². The number of amides is 2. The first kappa shape index (κ1) is 11.4. The lowest BCUT2D eigenvalue weighted by atomic mass is 10.3. The van der Waals surface area contributed by atoms with Crippen LogP contribution in [0.25, 0.3) is 0 Å². The molecule has 0 aliphatic carbocycles. The number of carbonyl (C=O) groups is 2. The van der Waals surface area contributed by atoms with Crippen molar-refractivity contribution in [2.75, 3.05) is 11.6 Å². The van der Waals surface area contributed by atoms with Gasteiger partial charge < -0.3 is 0 Å². The maximum atomic E-state index is 11.0. The van der Waals surface area contributed by atoms with Crippen LogP contribution in [0.1, 0.15) is 6.42 Å². The zero-order valence-corrected chi connectivity index (χ0v) is 8.60. The summed E-state index contributed by atoms with van der Waals surface area (Å²) in [4.78, 5) is 21.6. The lowest BCUT2D eigenvalue weighted by molar-refractivity contribution is -0.126. The lowest BCUT2D eigenvalue weighted by Crippen LogP contribution is -2.29. The van der Waals surface area contributed by atoms with Gasteiger partial charge in [-0.2, -0.15) is 8.42 Å². The molecule has 1 rings (SSSR count). The Balaban J connectivity index is 2.61. The molecule has 1 aliphatic heterocycles. The van der Waals surface area contributed by atoms with Crippen LogP contribution in [0.4, 0.5) is 0 Å². The van der Waals surface area contributed by atoms with Crippen molar-refractivity contribution in [2.24, 2.45) is 0 Å². The summed E-state index contributed by atoms with van der Waals surface area (Å²) in [6.07, 6.45) is -1.50. The number of carbonyl (C=O) groups excluding carboxylic acids is 2. The van der Waals surface area contributed by atoms with E-state index in [-0.39, 0.29) is 18.1 Å². The van der Waals surface area contributed by atoms with E-state index in [0.717, 1.165) is 0 Å². The number of rotatable bonds is 4. The van der Waals surface area contributed by atoms with Gasteiger partial charge in [0.05, 0.1) is 12.2 Å². The van der Waals surface area contributed by atoms with Gasteiger partial charge in [0.1, 0.15) is 0 Å². The fourth-order valence-corrected chi connectivity index (χ4v) is 2.29. The number of hydrogen-bond acceptors (Lipinski definition) is 5. The average molecular weight is 242 g/mol. The van der Waals surface area contributed by atoms with Crippen molar-refractivity contribution in [3.63, 3.8) is 0 Å². The molecule has 1 fully saturated rings. The molecule has 1 aliphatic rings. The van der Waals surface area contributed by atoms with Gasteiger partial charge in [-0.05, 0) is 0 Å². The molecule has 0 aromatic carbocycles. The highest BCUT2D eigenvalue weighted by atomic mass is 35.5. The first-order valence-electron chi connectivity index (χ1n) is 3.75. The summed E-state index contributed by atoms with van der Waals surface area (Å²) >= 11 is 5.21. The van der Waals surface area contributed by atoms with Crippen LogP contribution in [0, 0.1) is 0 Å². The Labute approximate surface area is 85.7 Å². The number of imide groups is 1. The van der Waals surface area contributed by atoms with Gasteiger partial charge in [-0.3, -0.25) is 19.1 Å². The first-order chi connectivity index (χ1) is 6.44. The van der Waals surface area contributed by atoms with Crippen molar-refractivity contribution in [1.29, 1.82) is 0 Å². The molecule has 0 aromatic heterocycles. The molecule has 14 heavy (non-hydrogen) atoms. The molecule has 0 saturated carbocycles. The average Bonchev–Trinajstić information content (AvgIpc) is 2.28. The lowest BCUT2D eigenvalue weighted by Gasteiger charge is -2.06. The van der Waals surface area contributed by atoms with Crippen LogP contribution >= 0.6 is 11.6 Å². The van der Waals surface area contributed by atoms with Crippen LogP contribution in [0.5, 0.6) is 0 Å². The number of nitrogens with one attached hydrogen (secondary N) is 1. The van der Waals surface area contributed by atoms with Gasteiger partial charge in [-0.15, -0.1) is 11.6 Å². The highest BCUT2D eigenvalue weighted by molar-refractivity contribution is 7.86. The van der Waals surface area contributed by atoms with E-state index in [1.807, 2.05) is 5.32 Å². The number of alkyl halides is 1. The van der Waals surface area contributed by atoms with Gasteiger partial charge in [0, 0.05) is 5.88 Å². The zero-order valence-electron chi connectivity index (χ0n) is 7.03. The van der Waals surface area contributed by atoms with E-state index in [1.54, 1.807) is 0 Å². The molecule has 8 heteroatoms. The van der Waals surface area contributed by atoms with Crippen molar-refractivity contribution < 1.29 is 22.2 Å². The summed E-state index contributed by atoms with van der Waals surface area (Å²) in [5.74, 6) is -1.77. The molecule has 1 heterocycles. The van der Waals surface area contributed by atoms with E-state index in [1.165, 1.54) is 0 Å². The number of halogens is 1. The third-order valence-electron chi connectivity index (χ3n) is 1.52. The predicted molar refractivity (Wildman–Crippen MR) is 47.1 cm³/mol. The summed E-state index contributed by atoms with van der Waals surface area (Å²) in [7, 11) is -3.82. The quantitative estimate of drug-likeness (QED) is 0.387. The third kappa shape index (κ3) is 2.93. The molecule has 2 amide bonds. The van der Waals surface area contributed by atoms with Crippen LogP contribution in [-0.4, -0.2) is 38.0 Å². The highest BCUT2D eigenvalue weighted by Crippen LogP contribution is 2.10. The molecular formula is C6H8ClNO5S. The summed E-state index contributed by atoms with van der Waals surface area (Å²) < 4.78 is 26.6. The molecule has 0 radical (unpaired) electrons. The maximum absolute atomic E-state index is 11.0. The van der Waals surface area contributed by atoms with E-state index >= 15 is 0 Å². The van der Waals surface area contributed by atoms with E-state index in [4.69, 9.17) is 11.6 Å². The molecule has 1 saturated heterocycles. The van der Waals surface area contributed by atoms with Gasteiger partial charge in [0.25, 0.3) is 16.0 Å². The van der Waals surface area contributed by atoms with Gasteiger partial charge in [-0.1, -0.05) is 0 Å². The second-order valence-corrected chi connectivity index (χ2v) is 4.75. The molecule has 1 atom stereocenters. The molecule has 6 nitrogen and oxygen atoms in total. The fourth-order valence-electron chi connectivity index (χ4n) is 0.927. The van der Waals surface area contributed by atoms with Crippen molar-refractivity contribution in [1.82, 2.24) is 5.32 Å². The van der Waals surface area contributed by atoms with Gasteiger partial charge in [-0.25, -0.2) is 0 Å². The van der Waals surface area contributed by atoms with E-state index in [9.17, 15) is 18.0 Å². The predicted octanol–water partition coefficient (Wildman–Crippen LogP) is -1.01. The van der Waals surface area contributed by atoms with Crippen molar-refractivity contribution in [3.05, 3.63) is 0 Å². The van der Waals surface area contributed by atoms with Crippen LogP contribution in [0.2, 0.25) is 0 Å². The number of hydrogen-bond donors (Lipinski definition) is 1. The SMILES string of the molecule is O=C1CC(OS(=O)(=O)CCCl)C(=O)N1. The minimum Gasteiger partial charge on any atom is -0.294 e. The second kappa shape index (κ2) is 4.24. The van der Waals surface area contributed by atoms with Crippen LogP contribution in [0.15, 0.2) is 0 Å². The Hall–Kier alpha value is -0.660. The molecular weight excluding hydrogens is 234 g/mol. The molecule has 1 unspecified atom stereocenters. The van der Waals surface area contributed by atoms with Crippen LogP contribution in [-0.2, 0) is 23.9 Å². The van der Waals surface area contributed by atoms with Gasteiger partial charge >= 0.3 is 0 Å². The topological polar surface area (TPSA) is 89.5 Å². The fraction of sp³-hybridized carbons (Fsp3) is 0.667. The zero-order chi connectivity index (χ0) is 10.8. The first-order valence-corrected chi connectivity index (χ1v) is 5.86. The van der Waals surface area contributed by atoms with Crippen LogP contribution < -0.4 is 5.32 Å². The molecule has 1 N–H and O–H groups in total. The summed E-state index contributed by atoms with van der Waals surface area (Å²) in [6, 6.07) is 0. The smallest absolute Gasteiger partial charge is 0.269 e. The van der Waals surface area contributed by atoms with Crippen molar-refractivity contribution in [3.8, 4) is 0 Å². The minimum atomic E-state index is -3.82. The highest BCUT2D eigenvalue weighted by Gasteiger charge is 2.34. The molecule has 0 aromatic rings. The van der Waals surface area contributed by atoms with Crippen molar-refractivity contribution in [2.45, 2.75) is 12.5 Å². The van der Waals surface area contributed by atoms with Crippen LogP contribution in [0.3, 0.4) is 0 Å². The Morgan fingerprint density at radius 3 is 2.57 bits per heavy atom. The summed E-state index contributed by atoms with van der Waals surface area (Å²) in [5, 5.41) is 1.93. The van der Waals surface area contributed by atoms with Gasteiger partial charge in [0.15, 0.2) is 6.10 Å². The Kier molecular flexibility index (Phi) is 3.46. The monoisotopic (exact) mass is 241 g/mol. The summed E-state index contributed by atoms with van der Waals surface area (Å²) in [6.45, 7) is 0. The maximum Gasteiger partial charge on any atom is 0.269 e. The Morgan fingerprint density at radius 1 is 1.50 bits per heavy atom. The molecule has 0 bridgehead atoms.